The van der Waals surface area contributed by atoms with Gasteiger partial charge in [0.2, 0.25) is 0 Å². The number of ketones is 1. The van der Waals surface area contributed by atoms with E-state index in [9.17, 15) is 22.8 Å². The Morgan fingerprint density at radius 1 is 1.38 bits per heavy atom. The first-order valence-electron chi connectivity index (χ1n) is 3.41. The first-order valence-corrected chi connectivity index (χ1v) is 3.41. The van der Waals surface area contributed by atoms with Gasteiger partial charge in [-0.15, -0.1) is 0 Å². The van der Waals surface area contributed by atoms with E-state index in [1.54, 1.807) is 0 Å². The van der Waals surface area contributed by atoms with E-state index in [1.165, 1.54) is 0 Å². The minimum Gasteiger partial charge on any atom is -0.302 e. The van der Waals surface area contributed by atoms with E-state index in [0.717, 1.165) is 12.2 Å². The molecule has 0 N–H and O–H groups in total. The number of halogens is 3. The molecule has 2 nitrogen and oxygen atoms in total. The van der Waals surface area contributed by atoms with Crippen LogP contribution in [0.25, 0.3) is 0 Å². The van der Waals surface area contributed by atoms with Crippen molar-refractivity contribution in [1.29, 1.82) is 0 Å². The third-order valence-electron chi connectivity index (χ3n) is 1.58. The summed E-state index contributed by atoms with van der Waals surface area (Å²) in [5.41, 5.74) is -1.02. The number of hydrogen-bond donors (Lipinski definition) is 0. The molecule has 1 aliphatic rings. The summed E-state index contributed by atoms with van der Waals surface area (Å²) in [7, 11) is 0. The van der Waals surface area contributed by atoms with Gasteiger partial charge >= 0.3 is 6.18 Å². The smallest absolute Gasteiger partial charge is 0.302 e. The van der Waals surface area contributed by atoms with Gasteiger partial charge in [0, 0.05) is 0 Å². The van der Waals surface area contributed by atoms with Gasteiger partial charge in [0.1, 0.15) is 6.29 Å². The lowest BCUT2D eigenvalue weighted by Crippen LogP contribution is -2.20. The lowest BCUT2D eigenvalue weighted by molar-refractivity contribution is -0.123. The highest BCUT2D eigenvalue weighted by molar-refractivity contribution is 6.04. The molecule has 0 aromatic rings. The maximum atomic E-state index is 12.0. The van der Waals surface area contributed by atoms with E-state index in [0.29, 0.717) is 12.4 Å². The minimum absolute atomic E-state index is 0.308. The van der Waals surface area contributed by atoms with Crippen LogP contribution in [0.3, 0.4) is 0 Å². The van der Waals surface area contributed by atoms with E-state index < -0.39 is 23.5 Å². The lowest BCUT2D eigenvalue weighted by Gasteiger charge is -2.12. The molecule has 0 bridgehead atoms. The van der Waals surface area contributed by atoms with E-state index in [-0.39, 0.29) is 0 Å². The summed E-state index contributed by atoms with van der Waals surface area (Å²) in [5, 5.41) is 0. The van der Waals surface area contributed by atoms with Gasteiger partial charge in [-0.25, -0.2) is 0 Å². The van der Waals surface area contributed by atoms with Crippen LogP contribution in [0.4, 0.5) is 13.2 Å². The molecular weight excluding hydrogens is 185 g/mol. The van der Waals surface area contributed by atoms with E-state index >= 15 is 0 Å². The van der Waals surface area contributed by atoms with Crippen molar-refractivity contribution < 1.29 is 22.8 Å². The van der Waals surface area contributed by atoms with Gasteiger partial charge in [-0.1, -0.05) is 12.2 Å². The molecule has 13 heavy (non-hydrogen) atoms. The van der Waals surface area contributed by atoms with Crippen LogP contribution < -0.4 is 0 Å². The second-order valence-corrected chi connectivity index (χ2v) is 2.52. The number of carbonyl (C=O) groups is 2. The summed E-state index contributed by atoms with van der Waals surface area (Å²) < 4.78 is 36.0. The number of carbonyl (C=O) groups excluding carboxylic acids is 2. The van der Waals surface area contributed by atoms with Crippen molar-refractivity contribution in [3.05, 3.63) is 23.8 Å². The van der Waals surface area contributed by atoms with Crippen LogP contribution in [0.2, 0.25) is 0 Å². The molecule has 1 rings (SSSR count). The zero-order chi connectivity index (χ0) is 10.1. The third-order valence-corrected chi connectivity index (χ3v) is 1.58. The Morgan fingerprint density at radius 2 is 2.00 bits per heavy atom. The van der Waals surface area contributed by atoms with Gasteiger partial charge in [-0.2, -0.15) is 13.2 Å². The Kier molecular flexibility index (Phi) is 2.36. The summed E-state index contributed by atoms with van der Waals surface area (Å²) in [4.78, 5) is 21.0. The van der Waals surface area contributed by atoms with Gasteiger partial charge in [-0.3, -0.25) is 4.79 Å². The SMILES string of the molecule is O=CC1C=CC(C(F)(F)F)=CC1=O. The monoisotopic (exact) mass is 190 g/mol. The van der Waals surface area contributed by atoms with Crippen molar-refractivity contribution >= 4 is 12.1 Å². The quantitative estimate of drug-likeness (QED) is 0.463. The fourth-order valence-corrected chi connectivity index (χ4v) is 0.889. The first-order chi connectivity index (χ1) is 5.95. The molecular formula is C8H5F3O2. The van der Waals surface area contributed by atoms with Gasteiger partial charge in [0.05, 0.1) is 11.5 Å². The van der Waals surface area contributed by atoms with Crippen molar-refractivity contribution in [3.8, 4) is 0 Å². The maximum absolute atomic E-state index is 12.0. The standard InChI is InChI=1S/C8H5F3O2/c9-8(10,11)6-2-1-5(4-12)7(13)3-6/h1-5H. The van der Waals surface area contributed by atoms with Crippen molar-refractivity contribution in [2.24, 2.45) is 5.92 Å². The fraction of sp³-hybridized carbons (Fsp3) is 0.250. The summed E-state index contributed by atoms with van der Waals surface area (Å²) in [6, 6.07) is 0. The van der Waals surface area contributed by atoms with Gasteiger partial charge in [0.15, 0.2) is 5.78 Å². The molecule has 70 valence electrons. The highest BCUT2D eigenvalue weighted by Gasteiger charge is 2.34. The summed E-state index contributed by atoms with van der Waals surface area (Å²) in [5.74, 6) is -1.89. The van der Waals surface area contributed by atoms with Crippen LogP contribution in [-0.2, 0) is 9.59 Å². The van der Waals surface area contributed by atoms with Gasteiger partial charge in [0.25, 0.3) is 0 Å². The van der Waals surface area contributed by atoms with Crippen LogP contribution in [0, 0.1) is 5.92 Å². The molecule has 0 spiro atoms. The molecule has 0 fully saturated rings. The highest BCUT2D eigenvalue weighted by atomic mass is 19.4. The number of aldehydes is 1. The molecule has 0 aromatic carbocycles. The second kappa shape index (κ2) is 3.16. The second-order valence-electron chi connectivity index (χ2n) is 2.52. The molecule has 0 saturated carbocycles. The maximum Gasteiger partial charge on any atom is 0.416 e. The summed E-state index contributed by atoms with van der Waals surface area (Å²) in [6.45, 7) is 0. The van der Waals surface area contributed by atoms with Crippen LogP contribution in [0.15, 0.2) is 23.8 Å². The average molecular weight is 190 g/mol. The van der Waals surface area contributed by atoms with Crippen LogP contribution in [0.5, 0.6) is 0 Å². The first kappa shape index (κ1) is 9.70. The minimum atomic E-state index is -4.53. The third kappa shape index (κ3) is 2.05. The van der Waals surface area contributed by atoms with E-state index in [1.807, 2.05) is 0 Å². The molecule has 1 unspecified atom stereocenters. The number of alkyl halides is 3. The number of rotatable bonds is 1. The number of allylic oxidation sites excluding steroid dienone is 4. The van der Waals surface area contributed by atoms with Gasteiger partial charge < -0.3 is 4.79 Å². The number of hydrogen-bond acceptors (Lipinski definition) is 2. The van der Waals surface area contributed by atoms with E-state index in [2.05, 4.69) is 0 Å². The normalized spacial score (nSPS) is 22.8. The predicted octanol–water partition coefficient (Wildman–Crippen LogP) is 1.43. The molecule has 5 heteroatoms. The molecule has 0 saturated heterocycles. The lowest BCUT2D eigenvalue weighted by atomic mass is 9.96. The topological polar surface area (TPSA) is 34.1 Å². The van der Waals surface area contributed by atoms with Crippen LogP contribution >= 0.6 is 0 Å². The van der Waals surface area contributed by atoms with Crippen LogP contribution in [0.1, 0.15) is 0 Å². The molecule has 0 aliphatic heterocycles. The highest BCUT2D eigenvalue weighted by Crippen LogP contribution is 2.29. The Morgan fingerprint density at radius 3 is 2.38 bits per heavy atom. The zero-order valence-corrected chi connectivity index (χ0v) is 6.34. The Balaban J connectivity index is 2.92. The Bertz CT molecular complexity index is 299. The molecule has 0 radical (unpaired) electrons. The predicted molar refractivity (Wildman–Crippen MR) is 37.8 cm³/mol. The molecule has 0 heterocycles. The Hall–Kier alpha value is -1.39. The molecule has 1 aliphatic carbocycles. The summed E-state index contributed by atoms with van der Waals surface area (Å²) in [6.07, 6.45) is -2.10. The van der Waals surface area contributed by atoms with Crippen LogP contribution in [-0.4, -0.2) is 18.2 Å². The molecule has 0 amide bonds. The van der Waals surface area contributed by atoms with Crippen molar-refractivity contribution in [1.82, 2.24) is 0 Å². The fourth-order valence-electron chi connectivity index (χ4n) is 0.889. The molecule has 1 atom stereocenters. The summed E-state index contributed by atoms with van der Waals surface area (Å²) >= 11 is 0. The largest absolute Gasteiger partial charge is 0.416 e. The zero-order valence-electron chi connectivity index (χ0n) is 6.34. The molecule has 0 aromatic heterocycles. The van der Waals surface area contributed by atoms with Crippen molar-refractivity contribution in [2.75, 3.05) is 0 Å². The van der Waals surface area contributed by atoms with Gasteiger partial charge in [-0.05, 0) is 6.08 Å². The Labute approximate surface area is 71.7 Å². The van der Waals surface area contributed by atoms with E-state index in [4.69, 9.17) is 0 Å². The average Bonchev–Trinajstić information content (AvgIpc) is 2.02. The van der Waals surface area contributed by atoms with Crippen molar-refractivity contribution in [2.45, 2.75) is 6.18 Å². The van der Waals surface area contributed by atoms with Crippen molar-refractivity contribution in [3.63, 3.8) is 0 Å².